The van der Waals surface area contributed by atoms with E-state index in [-0.39, 0.29) is 30.3 Å². The summed E-state index contributed by atoms with van der Waals surface area (Å²) in [5, 5.41) is 0. The van der Waals surface area contributed by atoms with Crippen LogP contribution < -0.4 is 5.73 Å². The third-order valence-electron chi connectivity index (χ3n) is 2.49. The Morgan fingerprint density at radius 2 is 1.79 bits per heavy atom. The van der Waals surface area contributed by atoms with Crippen molar-refractivity contribution >= 4 is 24.1 Å². The van der Waals surface area contributed by atoms with Gasteiger partial charge in [0.05, 0.1) is 11.3 Å². The molecular weight excluding hydrogens is 269 g/mol. The van der Waals surface area contributed by atoms with Gasteiger partial charge in [-0.25, -0.2) is 9.18 Å². The van der Waals surface area contributed by atoms with Gasteiger partial charge >= 0.3 is 5.97 Å². The molecule has 2 aromatic carbocycles. The fraction of sp³-hybridized carbons (Fsp3) is 0.0714. The number of hydrogen-bond acceptors (Lipinski definition) is 3. The zero-order valence-electron chi connectivity index (χ0n) is 10.0. The third-order valence-corrected chi connectivity index (χ3v) is 2.49. The fourth-order valence-electron chi connectivity index (χ4n) is 1.52. The highest BCUT2D eigenvalue weighted by molar-refractivity contribution is 5.95. The summed E-state index contributed by atoms with van der Waals surface area (Å²) in [7, 11) is 0. The maximum absolute atomic E-state index is 13.2. The molecule has 100 valence electrons. The van der Waals surface area contributed by atoms with Gasteiger partial charge < -0.3 is 10.5 Å². The molecule has 0 heterocycles. The highest BCUT2D eigenvalue weighted by atomic mass is 35.5. The van der Waals surface area contributed by atoms with Crippen LogP contribution in [-0.4, -0.2) is 5.97 Å². The largest absolute Gasteiger partial charge is 0.457 e. The Morgan fingerprint density at radius 1 is 1.11 bits per heavy atom. The van der Waals surface area contributed by atoms with Crippen LogP contribution in [0.1, 0.15) is 15.9 Å². The Balaban J connectivity index is 0.00000180. The number of para-hydroxylation sites is 1. The van der Waals surface area contributed by atoms with Gasteiger partial charge in [-0.15, -0.1) is 12.4 Å². The molecule has 0 aliphatic rings. The number of anilines is 1. The second kappa shape index (κ2) is 6.75. The van der Waals surface area contributed by atoms with Crippen LogP contribution in [0, 0.1) is 5.82 Å². The minimum Gasteiger partial charge on any atom is -0.457 e. The minimum atomic E-state index is -0.629. The van der Waals surface area contributed by atoms with Crippen molar-refractivity contribution in [1.82, 2.24) is 0 Å². The van der Waals surface area contributed by atoms with Crippen molar-refractivity contribution in [2.45, 2.75) is 6.61 Å². The summed E-state index contributed by atoms with van der Waals surface area (Å²) in [6.45, 7) is 0.135. The molecule has 0 unspecified atom stereocenters. The number of benzene rings is 2. The second-order valence-corrected chi connectivity index (χ2v) is 3.76. The van der Waals surface area contributed by atoms with E-state index in [9.17, 15) is 9.18 Å². The lowest BCUT2D eigenvalue weighted by atomic mass is 10.2. The molecule has 2 aromatic rings. The Labute approximate surface area is 116 Å². The van der Waals surface area contributed by atoms with Crippen molar-refractivity contribution in [1.29, 1.82) is 0 Å². The van der Waals surface area contributed by atoms with Crippen molar-refractivity contribution in [2.75, 3.05) is 5.73 Å². The Hall–Kier alpha value is -2.07. The molecule has 2 rings (SSSR count). The van der Waals surface area contributed by atoms with E-state index >= 15 is 0 Å². The third kappa shape index (κ3) is 3.69. The van der Waals surface area contributed by atoms with Gasteiger partial charge in [-0.1, -0.05) is 36.4 Å². The van der Waals surface area contributed by atoms with E-state index in [1.54, 1.807) is 0 Å². The van der Waals surface area contributed by atoms with Crippen LogP contribution >= 0.6 is 12.4 Å². The predicted octanol–water partition coefficient (Wildman–Crippen LogP) is 3.19. The standard InChI is InChI=1S/C14H12FNO2.ClH/c15-12-8-4-7-11(13(12)16)14(17)18-9-10-5-2-1-3-6-10;/h1-8H,9,16H2;1H. The lowest BCUT2D eigenvalue weighted by molar-refractivity contribution is 0.0473. The normalized spacial score (nSPS) is 9.53. The molecule has 0 aliphatic carbocycles. The van der Waals surface area contributed by atoms with Crippen molar-refractivity contribution in [3.8, 4) is 0 Å². The summed E-state index contributed by atoms with van der Waals surface area (Å²) in [5.41, 5.74) is 6.20. The highest BCUT2D eigenvalue weighted by Gasteiger charge is 2.13. The molecular formula is C14H13ClFNO2. The molecule has 0 aromatic heterocycles. The van der Waals surface area contributed by atoms with Crippen LogP contribution in [0.4, 0.5) is 10.1 Å². The Morgan fingerprint density at radius 3 is 2.47 bits per heavy atom. The molecule has 0 amide bonds. The monoisotopic (exact) mass is 281 g/mol. The average Bonchev–Trinajstić information content (AvgIpc) is 2.40. The number of carbonyl (C=O) groups is 1. The number of nitrogens with two attached hydrogens (primary N) is 1. The molecule has 0 radical (unpaired) electrons. The van der Waals surface area contributed by atoms with Gasteiger partial charge in [0.25, 0.3) is 0 Å². The van der Waals surface area contributed by atoms with Gasteiger partial charge in [-0.05, 0) is 17.7 Å². The van der Waals surface area contributed by atoms with E-state index in [2.05, 4.69) is 0 Å². The molecule has 0 saturated carbocycles. The van der Waals surface area contributed by atoms with Crippen LogP contribution in [0.25, 0.3) is 0 Å². The van der Waals surface area contributed by atoms with Gasteiger partial charge in [0.1, 0.15) is 12.4 Å². The Bertz CT molecular complexity index is 561. The number of hydrogen-bond donors (Lipinski definition) is 1. The first-order chi connectivity index (χ1) is 8.68. The number of halogens is 2. The summed E-state index contributed by atoms with van der Waals surface area (Å²) in [5.74, 6) is -1.25. The number of rotatable bonds is 3. The fourth-order valence-corrected chi connectivity index (χ4v) is 1.52. The first kappa shape index (κ1) is 15.0. The number of nitrogen functional groups attached to an aromatic ring is 1. The van der Waals surface area contributed by atoms with Crippen molar-refractivity contribution in [2.24, 2.45) is 0 Å². The Kier molecular flexibility index (Phi) is 5.33. The first-order valence-electron chi connectivity index (χ1n) is 5.43. The smallest absolute Gasteiger partial charge is 0.340 e. The van der Waals surface area contributed by atoms with Crippen LogP contribution in [0.3, 0.4) is 0 Å². The van der Waals surface area contributed by atoms with E-state index in [1.807, 2.05) is 30.3 Å². The average molecular weight is 282 g/mol. The van der Waals surface area contributed by atoms with E-state index in [1.165, 1.54) is 18.2 Å². The van der Waals surface area contributed by atoms with Gasteiger partial charge in [-0.3, -0.25) is 0 Å². The van der Waals surface area contributed by atoms with E-state index in [4.69, 9.17) is 10.5 Å². The predicted molar refractivity (Wildman–Crippen MR) is 73.6 cm³/mol. The van der Waals surface area contributed by atoms with E-state index in [0.29, 0.717) is 0 Å². The summed E-state index contributed by atoms with van der Waals surface area (Å²) in [6, 6.07) is 13.3. The van der Waals surface area contributed by atoms with Gasteiger partial charge in [-0.2, -0.15) is 0 Å². The van der Waals surface area contributed by atoms with Crippen LogP contribution in [0.15, 0.2) is 48.5 Å². The number of carbonyl (C=O) groups excluding carboxylic acids is 1. The number of esters is 1. The molecule has 0 spiro atoms. The first-order valence-corrected chi connectivity index (χ1v) is 5.43. The minimum absolute atomic E-state index is 0. The molecule has 0 fully saturated rings. The number of ether oxygens (including phenoxy) is 1. The molecule has 3 nitrogen and oxygen atoms in total. The molecule has 2 N–H and O–H groups in total. The zero-order valence-corrected chi connectivity index (χ0v) is 10.8. The molecule has 0 atom stereocenters. The summed E-state index contributed by atoms with van der Waals surface area (Å²) >= 11 is 0. The van der Waals surface area contributed by atoms with Gasteiger partial charge in [0, 0.05) is 0 Å². The highest BCUT2D eigenvalue weighted by Crippen LogP contribution is 2.17. The van der Waals surface area contributed by atoms with Gasteiger partial charge in [0.2, 0.25) is 0 Å². The quantitative estimate of drug-likeness (QED) is 0.694. The maximum Gasteiger partial charge on any atom is 0.340 e. The van der Waals surface area contributed by atoms with Crippen LogP contribution in [0.5, 0.6) is 0 Å². The molecule has 0 saturated heterocycles. The SMILES string of the molecule is Cl.Nc1c(F)cccc1C(=O)OCc1ccccc1. The van der Waals surface area contributed by atoms with Crippen LogP contribution in [0.2, 0.25) is 0 Å². The summed E-state index contributed by atoms with van der Waals surface area (Å²) in [4.78, 5) is 11.7. The van der Waals surface area contributed by atoms with Crippen LogP contribution in [-0.2, 0) is 11.3 Å². The lowest BCUT2D eigenvalue weighted by Crippen LogP contribution is -2.09. The lowest BCUT2D eigenvalue weighted by Gasteiger charge is -2.07. The van der Waals surface area contributed by atoms with Gasteiger partial charge in [0.15, 0.2) is 0 Å². The summed E-state index contributed by atoms with van der Waals surface area (Å²) < 4.78 is 18.2. The maximum atomic E-state index is 13.2. The van der Waals surface area contributed by atoms with Crippen molar-refractivity contribution in [3.05, 3.63) is 65.5 Å². The topological polar surface area (TPSA) is 52.3 Å². The summed E-state index contributed by atoms with van der Waals surface area (Å²) in [6.07, 6.45) is 0. The van der Waals surface area contributed by atoms with E-state index in [0.717, 1.165) is 5.56 Å². The van der Waals surface area contributed by atoms with Crippen molar-refractivity contribution < 1.29 is 13.9 Å². The second-order valence-electron chi connectivity index (χ2n) is 3.76. The molecule has 19 heavy (non-hydrogen) atoms. The molecule has 0 aliphatic heterocycles. The molecule has 5 heteroatoms. The van der Waals surface area contributed by atoms with Crippen molar-refractivity contribution in [3.63, 3.8) is 0 Å². The van der Waals surface area contributed by atoms with E-state index < -0.39 is 11.8 Å². The molecule has 0 bridgehead atoms. The zero-order chi connectivity index (χ0) is 13.0.